The van der Waals surface area contributed by atoms with Gasteiger partial charge in [-0.3, -0.25) is 4.72 Å². The zero-order chi connectivity index (χ0) is 15.5. The Hall–Kier alpha value is -1.15. The van der Waals surface area contributed by atoms with Crippen LogP contribution >= 0.6 is 22.9 Å². The molecule has 1 aromatic heterocycles. The number of anilines is 1. The predicted octanol–water partition coefficient (Wildman–Crippen LogP) is 3.45. The largest absolute Gasteiger partial charge is 0.313 e. The molecule has 0 aliphatic heterocycles. The lowest BCUT2D eigenvalue weighted by atomic mass is 10.2. The van der Waals surface area contributed by atoms with E-state index in [0.29, 0.717) is 12.2 Å². The van der Waals surface area contributed by atoms with E-state index in [0.717, 1.165) is 6.07 Å². The van der Waals surface area contributed by atoms with Gasteiger partial charge in [-0.25, -0.2) is 12.8 Å². The van der Waals surface area contributed by atoms with Gasteiger partial charge in [-0.1, -0.05) is 18.5 Å². The van der Waals surface area contributed by atoms with Crippen molar-refractivity contribution in [1.29, 1.82) is 0 Å². The molecular formula is C13H14ClFN2O2S2. The Morgan fingerprint density at radius 1 is 1.38 bits per heavy atom. The number of rotatable bonds is 6. The van der Waals surface area contributed by atoms with E-state index >= 15 is 0 Å². The average Bonchev–Trinajstić information content (AvgIpc) is 2.91. The van der Waals surface area contributed by atoms with Crippen molar-refractivity contribution >= 4 is 38.6 Å². The molecule has 0 amide bonds. The van der Waals surface area contributed by atoms with Gasteiger partial charge in [-0.15, -0.1) is 0 Å². The summed E-state index contributed by atoms with van der Waals surface area (Å²) in [5.74, 6) is -0.789. The molecule has 4 nitrogen and oxygen atoms in total. The number of nitrogens with one attached hydrogen (secondary N) is 2. The molecular weight excluding hydrogens is 335 g/mol. The van der Waals surface area contributed by atoms with Crippen molar-refractivity contribution in [3.05, 3.63) is 45.4 Å². The highest BCUT2D eigenvalue weighted by molar-refractivity contribution is 7.92. The van der Waals surface area contributed by atoms with Crippen molar-refractivity contribution in [3.63, 3.8) is 0 Å². The lowest BCUT2D eigenvalue weighted by Gasteiger charge is -2.11. The third-order valence-electron chi connectivity index (χ3n) is 2.71. The van der Waals surface area contributed by atoms with Crippen LogP contribution in [0.1, 0.15) is 12.5 Å². The van der Waals surface area contributed by atoms with E-state index in [1.165, 1.54) is 17.4 Å². The Morgan fingerprint density at radius 2 is 2.14 bits per heavy atom. The molecule has 1 aromatic carbocycles. The molecule has 2 rings (SSSR count). The van der Waals surface area contributed by atoms with Crippen LogP contribution < -0.4 is 10.0 Å². The van der Waals surface area contributed by atoms with Crippen molar-refractivity contribution in [2.75, 3.05) is 11.3 Å². The first-order valence-electron chi connectivity index (χ1n) is 6.17. The Balaban J connectivity index is 2.40. The zero-order valence-corrected chi connectivity index (χ0v) is 13.6. The molecule has 2 aromatic rings. The van der Waals surface area contributed by atoms with Gasteiger partial charge in [0.25, 0.3) is 10.0 Å². The van der Waals surface area contributed by atoms with E-state index in [4.69, 9.17) is 11.6 Å². The van der Waals surface area contributed by atoms with Crippen LogP contribution in [0, 0.1) is 5.82 Å². The molecule has 0 aliphatic carbocycles. The maximum absolute atomic E-state index is 14.4. The third-order valence-corrected chi connectivity index (χ3v) is 4.99. The maximum Gasteiger partial charge on any atom is 0.264 e. The summed E-state index contributed by atoms with van der Waals surface area (Å²) < 4.78 is 41.3. The molecule has 114 valence electrons. The molecule has 0 aliphatic rings. The van der Waals surface area contributed by atoms with Crippen LogP contribution in [0.4, 0.5) is 10.1 Å². The van der Waals surface area contributed by atoms with E-state index in [-0.39, 0.29) is 17.1 Å². The molecule has 0 bridgehead atoms. The second-order valence-corrected chi connectivity index (χ2v) is 7.14. The van der Waals surface area contributed by atoms with Crippen molar-refractivity contribution in [2.45, 2.75) is 18.4 Å². The number of sulfonamides is 1. The first-order chi connectivity index (χ1) is 9.94. The number of hydrogen-bond donors (Lipinski definition) is 2. The first kappa shape index (κ1) is 16.2. The summed E-state index contributed by atoms with van der Waals surface area (Å²) in [6.07, 6.45) is 0. The normalized spacial score (nSPS) is 11.6. The second-order valence-electron chi connectivity index (χ2n) is 4.27. The number of thiophene rings is 1. The van der Waals surface area contributed by atoms with Crippen LogP contribution in [0.5, 0.6) is 0 Å². The Labute approximate surface area is 132 Å². The molecule has 0 radical (unpaired) electrons. The van der Waals surface area contributed by atoms with Gasteiger partial charge >= 0.3 is 0 Å². The summed E-state index contributed by atoms with van der Waals surface area (Å²) >= 11 is 7.24. The van der Waals surface area contributed by atoms with Crippen LogP contribution in [0.3, 0.4) is 0 Å². The summed E-state index contributed by atoms with van der Waals surface area (Å²) in [6, 6.07) is 4.13. The van der Waals surface area contributed by atoms with Gasteiger partial charge in [0.15, 0.2) is 0 Å². The van der Waals surface area contributed by atoms with Gasteiger partial charge in [0.2, 0.25) is 0 Å². The maximum atomic E-state index is 14.4. The van der Waals surface area contributed by atoms with Crippen LogP contribution in [0.25, 0.3) is 0 Å². The third kappa shape index (κ3) is 3.94. The summed E-state index contributed by atoms with van der Waals surface area (Å²) in [6.45, 7) is 2.73. The van der Waals surface area contributed by atoms with Crippen LogP contribution in [0.15, 0.2) is 33.9 Å². The predicted molar refractivity (Wildman–Crippen MR) is 83.9 cm³/mol. The molecule has 1 heterocycles. The van der Waals surface area contributed by atoms with Crippen molar-refractivity contribution in [1.82, 2.24) is 5.32 Å². The number of halogens is 2. The molecule has 8 heteroatoms. The Kier molecular flexibility index (Phi) is 5.21. The topological polar surface area (TPSA) is 58.2 Å². The first-order valence-corrected chi connectivity index (χ1v) is 8.98. The van der Waals surface area contributed by atoms with Gasteiger partial charge < -0.3 is 5.32 Å². The van der Waals surface area contributed by atoms with E-state index < -0.39 is 20.7 Å². The molecule has 2 N–H and O–H groups in total. The standard InChI is InChI=1S/C13H14ClFN2O2S2/c1-2-16-7-9-5-10(14)6-12(13(9)15)21(18,19)17-11-3-4-20-8-11/h3-6,8,16-17H,2,7H2,1H3. The fraction of sp³-hybridized carbons (Fsp3) is 0.231. The molecule has 0 unspecified atom stereocenters. The number of benzene rings is 1. The van der Waals surface area contributed by atoms with Gasteiger partial charge in [0, 0.05) is 22.5 Å². The quantitative estimate of drug-likeness (QED) is 0.840. The Bertz CT molecular complexity index is 718. The van der Waals surface area contributed by atoms with Crippen molar-refractivity contribution in [3.8, 4) is 0 Å². The van der Waals surface area contributed by atoms with E-state index in [2.05, 4.69) is 10.0 Å². The summed E-state index contributed by atoms with van der Waals surface area (Å²) in [5, 5.41) is 6.47. The smallest absolute Gasteiger partial charge is 0.264 e. The summed E-state index contributed by atoms with van der Waals surface area (Å²) in [7, 11) is -4.01. The fourth-order valence-electron chi connectivity index (χ4n) is 1.73. The van der Waals surface area contributed by atoms with Gasteiger partial charge in [0.1, 0.15) is 10.7 Å². The van der Waals surface area contributed by atoms with Gasteiger partial charge in [0.05, 0.1) is 5.69 Å². The minimum absolute atomic E-state index is 0.176. The minimum Gasteiger partial charge on any atom is -0.313 e. The fourth-order valence-corrected chi connectivity index (χ4v) is 3.90. The summed E-state index contributed by atoms with van der Waals surface area (Å²) in [4.78, 5) is -0.450. The van der Waals surface area contributed by atoms with E-state index in [1.54, 1.807) is 16.8 Å². The highest BCUT2D eigenvalue weighted by Gasteiger charge is 2.22. The van der Waals surface area contributed by atoms with Gasteiger partial charge in [-0.05, 0) is 30.1 Å². The lowest BCUT2D eigenvalue weighted by molar-refractivity contribution is 0.552. The van der Waals surface area contributed by atoms with Gasteiger partial charge in [-0.2, -0.15) is 11.3 Å². The van der Waals surface area contributed by atoms with Crippen molar-refractivity contribution in [2.24, 2.45) is 0 Å². The molecule has 0 saturated heterocycles. The van der Waals surface area contributed by atoms with Crippen LogP contribution in [-0.2, 0) is 16.6 Å². The average molecular weight is 349 g/mol. The second kappa shape index (κ2) is 6.74. The summed E-state index contributed by atoms with van der Waals surface area (Å²) in [5.41, 5.74) is 0.614. The lowest BCUT2D eigenvalue weighted by Crippen LogP contribution is -2.18. The van der Waals surface area contributed by atoms with Crippen LogP contribution in [-0.4, -0.2) is 15.0 Å². The molecule has 21 heavy (non-hydrogen) atoms. The highest BCUT2D eigenvalue weighted by atomic mass is 35.5. The zero-order valence-electron chi connectivity index (χ0n) is 11.2. The number of hydrogen-bond acceptors (Lipinski definition) is 4. The highest BCUT2D eigenvalue weighted by Crippen LogP contribution is 2.26. The Morgan fingerprint density at radius 3 is 2.76 bits per heavy atom. The minimum atomic E-state index is -4.01. The monoisotopic (exact) mass is 348 g/mol. The molecule has 0 fully saturated rings. The molecule has 0 atom stereocenters. The SMILES string of the molecule is CCNCc1cc(Cl)cc(S(=O)(=O)Nc2ccsc2)c1F. The van der Waals surface area contributed by atoms with E-state index in [9.17, 15) is 12.8 Å². The van der Waals surface area contributed by atoms with Crippen LogP contribution in [0.2, 0.25) is 5.02 Å². The molecule has 0 spiro atoms. The van der Waals surface area contributed by atoms with Crippen molar-refractivity contribution < 1.29 is 12.8 Å². The molecule has 0 saturated carbocycles. The van der Waals surface area contributed by atoms with E-state index in [1.807, 2.05) is 6.92 Å².